The first-order chi connectivity index (χ1) is 7.20. The number of aliphatic hydroxyl groups is 1. The van der Waals surface area contributed by atoms with E-state index >= 15 is 0 Å². The van der Waals surface area contributed by atoms with Crippen LogP contribution in [0.4, 0.5) is 0 Å². The van der Waals surface area contributed by atoms with Crippen LogP contribution in [0.3, 0.4) is 0 Å². The van der Waals surface area contributed by atoms with Crippen molar-refractivity contribution in [3.8, 4) is 0 Å². The van der Waals surface area contributed by atoms with Gasteiger partial charge in [-0.2, -0.15) is 0 Å². The van der Waals surface area contributed by atoms with Crippen LogP contribution in [0, 0.1) is 5.41 Å². The van der Waals surface area contributed by atoms with E-state index in [0.29, 0.717) is 11.5 Å². The first-order valence-corrected chi connectivity index (χ1v) is 6.61. The summed E-state index contributed by atoms with van der Waals surface area (Å²) >= 11 is 0. The van der Waals surface area contributed by atoms with Crippen LogP contribution >= 0.6 is 0 Å². The number of hydrogen-bond donors (Lipinski definition) is 2. The summed E-state index contributed by atoms with van der Waals surface area (Å²) < 4.78 is 0. The number of nitrogens with one attached hydrogen (secondary N) is 1. The van der Waals surface area contributed by atoms with Gasteiger partial charge in [0.25, 0.3) is 0 Å². The molecule has 88 valence electrons. The number of hydrogen-bond acceptors (Lipinski definition) is 2. The second-order valence-electron chi connectivity index (χ2n) is 5.86. The van der Waals surface area contributed by atoms with Gasteiger partial charge in [0, 0.05) is 12.6 Å². The monoisotopic (exact) mass is 211 g/mol. The quantitative estimate of drug-likeness (QED) is 0.703. The molecule has 15 heavy (non-hydrogen) atoms. The molecule has 2 aliphatic rings. The summed E-state index contributed by atoms with van der Waals surface area (Å²) in [5, 5.41) is 13.6. The van der Waals surface area contributed by atoms with Crippen LogP contribution in [0.15, 0.2) is 0 Å². The predicted molar refractivity (Wildman–Crippen MR) is 62.8 cm³/mol. The zero-order valence-corrected chi connectivity index (χ0v) is 9.97. The Kier molecular flexibility index (Phi) is 3.68. The molecule has 0 bridgehead atoms. The first-order valence-electron chi connectivity index (χ1n) is 6.61. The van der Waals surface area contributed by atoms with Gasteiger partial charge in [0.15, 0.2) is 0 Å². The molecule has 0 aromatic carbocycles. The van der Waals surface area contributed by atoms with Crippen molar-refractivity contribution >= 4 is 0 Å². The molecular formula is C13H25NO. The standard InChI is InChI=1S/C13H25NO/c1-13(8-5-9-13)10-14-11-6-3-2-4-7-12(11)15/h11-12,14-15H,2-10H2,1H3. The molecule has 0 amide bonds. The van der Waals surface area contributed by atoms with Crippen molar-refractivity contribution in [2.45, 2.75) is 70.4 Å². The van der Waals surface area contributed by atoms with Crippen molar-refractivity contribution in [3.63, 3.8) is 0 Å². The van der Waals surface area contributed by atoms with Crippen molar-refractivity contribution in [3.05, 3.63) is 0 Å². The van der Waals surface area contributed by atoms with Gasteiger partial charge < -0.3 is 10.4 Å². The Bertz CT molecular complexity index is 201. The van der Waals surface area contributed by atoms with E-state index in [-0.39, 0.29) is 6.10 Å². The third kappa shape index (κ3) is 2.94. The fourth-order valence-electron chi connectivity index (χ4n) is 2.86. The Morgan fingerprint density at radius 2 is 1.87 bits per heavy atom. The molecule has 2 N–H and O–H groups in total. The molecular weight excluding hydrogens is 186 g/mol. The van der Waals surface area contributed by atoms with E-state index in [0.717, 1.165) is 19.4 Å². The van der Waals surface area contributed by atoms with E-state index in [9.17, 15) is 5.11 Å². The van der Waals surface area contributed by atoms with Crippen LogP contribution in [0.2, 0.25) is 0 Å². The minimum absolute atomic E-state index is 0.101. The number of aliphatic hydroxyl groups excluding tert-OH is 1. The highest BCUT2D eigenvalue weighted by Crippen LogP contribution is 2.39. The summed E-state index contributed by atoms with van der Waals surface area (Å²) in [5.41, 5.74) is 0.534. The van der Waals surface area contributed by atoms with E-state index in [1.54, 1.807) is 0 Å². The number of rotatable bonds is 3. The molecule has 2 nitrogen and oxygen atoms in total. The molecule has 2 aliphatic carbocycles. The fourth-order valence-corrected chi connectivity index (χ4v) is 2.86. The molecule has 2 atom stereocenters. The highest BCUT2D eigenvalue weighted by atomic mass is 16.3. The van der Waals surface area contributed by atoms with Crippen LogP contribution < -0.4 is 5.32 Å². The Labute approximate surface area is 93.5 Å². The van der Waals surface area contributed by atoms with Gasteiger partial charge in [-0.25, -0.2) is 0 Å². The van der Waals surface area contributed by atoms with Crippen molar-refractivity contribution in [2.24, 2.45) is 5.41 Å². The van der Waals surface area contributed by atoms with Crippen LogP contribution in [0.25, 0.3) is 0 Å². The molecule has 0 aromatic rings. The lowest BCUT2D eigenvalue weighted by Crippen LogP contribution is -2.46. The Morgan fingerprint density at radius 1 is 1.13 bits per heavy atom. The van der Waals surface area contributed by atoms with Crippen molar-refractivity contribution in [1.29, 1.82) is 0 Å². The van der Waals surface area contributed by atoms with Gasteiger partial charge in [-0.1, -0.05) is 32.6 Å². The SMILES string of the molecule is CC1(CNC2CCCCCC2O)CCC1. The van der Waals surface area contributed by atoms with Crippen LogP contribution in [0.1, 0.15) is 58.3 Å². The van der Waals surface area contributed by atoms with Crippen molar-refractivity contribution in [1.82, 2.24) is 5.32 Å². The van der Waals surface area contributed by atoms with E-state index < -0.39 is 0 Å². The summed E-state index contributed by atoms with van der Waals surface area (Å²) in [4.78, 5) is 0. The largest absolute Gasteiger partial charge is 0.392 e. The van der Waals surface area contributed by atoms with Crippen LogP contribution in [-0.4, -0.2) is 23.8 Å². The van der Waals surface area contributed by atoms with Crippen molar-refractivity contribution < 1.29 is 5.11 Å². The van der Waals surface area contributed by atoms with E-state index in [4.69, 9.17) is 0 Å². The van der Waals surface area contributed by atoms with Gasteiger partial charge in [0.1, 0.15) is 0 Å². The zero-order valence-electron chi connectivity index (χ0n) is 9.97. The third-order valence-electron chi connectivity index (χ3n) is 4.33. The van der Waals surface area contributed by atoms with Crippen LogP contribution in [0.5, 0.6) is 0 Å². The van der Waals surface area contributed by atoms with E-state index in [2.05, 4.69) is 12.2 Å². The summed E-state index contributed by atoms with van der Waals surface area (Å²) in [6.45, 7) is 3.47. The minimum atomic E-state index is -0.101. The zero-order chi connectivity index (χ0) is 10.7. The maximum atomic E-state index is 9.97. The molecule has 0 saturated heterocycles. The van der Waals surface area contributed by atoms with Gasteiger partial charge in [-0.05, 0) is 31.1 Å². The smallest absolute Gasteiger partial charge is 0.0693 e. The van der Waals surface area contributed by atoms with Gasteiger partial charge in [0.2, 0.25) is 0 Å². The Balaban J connectivity index is 1.76. The molecule has 0 spiro atoms. The fraction of sp³-hybridized carbons (Fsp3) is 1.00. The molecule has 0 aliphatic heterocycles. The average Bonchev–Trinajstić information content (AvgIpc) is 2.37. The second kappa shape index (κ2) is 4.84. The highest BCUT2D eigenvalue weighted by molar-refractivity contribution is 4.88. The van der Waals surface area contributed by atoms with E-state index in [1.807, 2.05) is 0 Å². The first kappa shape index (κ1) is 11.4. The summed E-state index contributed by atoms with van der Waals surface area (Å²) in [6, 6.07) is 0.366. The minimum Gasteiger partial charge on any atom is -0.392 e. The lowest BCUT2D eigenvalue weighted by Gasteiger charge is -2.40. The Hall–Kier alpha value is -0.0800. The average molecular weight is 211 g/mol. The summed E-state index contributed by atoms with van der Waals surface area (Å²) in [5.74, 6) is 0. The highest BCUT2D eigenvalue weighted by Gasteiger charge is 2.32. The molecule has 2 saturated carbocycles. The molecule has 2 unspecified atom stereocenters. The molecule has 2 heteroatoms. The predicted octanol–water partition coefficient (Wildman–Crippen LogP) is 2.46. The maximum absolute atomic E-state index is 9.97. The second-order valence-corrected chi connectivity index (χ2v) is 5.86. The van der Waals surface area contributed by atoms with E-state index in [1.165, 1.54) is 38.5 Å². The van der Waals surface area contributed by atoms with Gasteiger partial charge in [0.05, 0.1) is 6.10 Å². The molecule has 0 radical (unpaired) electrons. The lowest BCUT2D eigenvalue weighted by molar-refractivity contribution is 0.0945. The van der Waals surface area contributed by atoms with Gasteiger partial charge >= 0.3 is 0 Å². The molecule has 0 heterocycles. The molecule has 2 rings (SSSR count). The third-order valence-corrected chi connectivity index (χ3v) is 4.33. The molecule has 0 aromatic heterocycles. The van der Waals surface area contributed by atoms with Crippen LogP contribution in [-0.2, 0) is 0 Å². The molecule has 2 fully saturated rings. The van der Waals surface area contributed by atoms with Crippen molar-refractivity contribution in [2.75, 3.05) is 6.54 Å². The normalized spacial score (nSPS) is 35.6. The Morgan fingerprint density at radius 3 is 2.53 bits per heavy atom. The topological polar surface area (TPSA) is 32.3 Å². The van der Waals surface area contributed by atoms with Gasteiger partial charge in [-0.3, -0.25) is 0 Å². The van der Waals surface area contributed by atoms with Gasteiger partial charge in [-0.15, -0.1) is 0 Å². The maximum Gasteiger partial charge on any atom is 0.0693 e. The lowest BCUT2D eigenvalue weighted by atomic mass is 9.70. The summed E-state index contributed by atoms with van der Waals surface area (Å²) in [7, 11) is 0. The summed E-state index contributed by atoms with van der Waals surface area (Å²) in [6.07, 6.45) is 9.97.